The summed E-state index contributed by atoms with van der Waals surface area (Å²) in [6.45, 7) is 6.95. The lowest BCUT2D eigenvalue weighted by atomic mass is 9.94. The molecule has 0 radical (unpaired) electrons. The van der Waals surface area contributed by atoms with Crippen LogP contribution in [0.4, 0.5) is 0 Å². The van der Waals surface area contributed by atoms with Crippen LogP contribution in [0.3, 0.4) is 0 Å². The van der Waals surface area contributed by atoms with Crippen LogP contribution in [0, 0.1) is 13.8 Å². The minimum atomic E-state index is 0.178. The van der Waals surface area contributed by atoms with E-state index in [9.17, 15) is 0 Å². The fourth-order valence-corrected chi connectivity index (χ4v) is 3.13. The summed E-state index contributed by atoms with van der Waals surface area (Å²) in [7, 11) is 1.99. The Balaban J connectivity index is 2.39. The molecule has 0 amide bonds. The van der Waals surface area contributed by atoms with Crippen LogP contribution in [0.15, 0.2) is 40.9 Å². The van der Waals surface area contributed by atoms with Gasteiger partial charge in [-0.2, -0.15) is 0 Å². The summed E-state index contributed by atoms with van der Waals surface area (Å²) in [6.07, 6.45) is 0. The Hall–Kier alpha value is -1.32. The molecule has 0 aliphatic heterocycles. The molecule has 0 saturated heterocycles. The molecule has 1 unspecified atom stereocenters. The summed E-state index contributed by atoms with van der Waals surface area (Å²) in [5, 5.41) is 3.41. The summed E-state index contributed by atoms with van der Waals surface area (Å²) in [6, 6.07) is 13.0. The van der Waals surface area contributed by atoms with E-state index in [-0.39, 0.29) is 6.04 Å². The summed E-state index contributed by atoms with van der Waals surface area (Å²) in [4.78, 5) is 0. The Morgan fingerprint density at radius 1 is 1.14 bits per heavy atom. The van der Waals surface area contributed by atoms with Gasteiger partial charge in [0.2, 0.25) is 0 Å². The number of aryl methyl sites for hydroxylation is 2. The average molecular weight is 348 g/mol. The summed E-state index contributed by atoms with van der Waals surface area (Å²) in [5.41, 5.74) is 5.12. The third kappa shape index (κ3) is 3.66. The van der Waals surface area contributed by atoms with Crippen LogP contribution in [0.1, 0.15) is 35.2 Å². The first-order valence-electron chi connectivity index (χ1n) is 7.23. The molecule has 2 aromatic carbocycles. The maximum Gasteiger partial charge on any atom is 0.133 e. The van der Waals surface area contributed by atoms with Crippen LogP contribution < -0.4 is 10.1 Å². The van der Waals surface area contributed by atoms with Gasteiger partial charge in [0.25, 0.3) is 0 Å². The summed E-state index contributed by atoms with van der Waals surface area (Å²) in [5.74, 6) is 0.886. The highest BCUT2D eigenvalue weighted by molar-refractivity contribution is 9.10. The van der Waals surface area contributed by atoms with E-state index in [2.05, 4.69) is 65.4 Å². The van der Waals surface area contributed by atoms with E-state index in [1.54, 1.807) is 0 Å². The predicted molar refractivity (Wildman–Crippen MR) is 92.1 cm³/mol. The van der Waals surface area contributed by atoms with Crippen LogP contribution in [-0.4, -0.2) is 13.7 Å². The van der Waals surface area contributed by atoms with Crippen molar-refractivity contribution in [2.75, 3.05) is 13.7 Å². The van der Waals surface area contributed by atoms with E-state index < -0.39 is 0 Å². The molecule has 0 heterocycles. The zero-order valence-electron chi connectivity index (χ0n) is 13.0. The van der Waals surface area contributed by atoms with Gasteiger partial charge in [0.15, 0.2) is 0 Å². The quantitative estimate of drug-likeness (QED) is 0.840. The molecule has 0 spiro atoms. The van der Waals surface area contributed by atoms with Crippen LogP contribution >= 0.6 is 15.9 Å². The Morgan fingerprint density at radius 3 is 2.48 bits per heavy atom. The standard InChI is InChI=1S/C18H22BrNO/c1-5-21-17-9-7-14(11-16(17)19)18(20-4)15-8-6-12(2)10-13(15)3/h6-11,18,20H,5H2,1-4H3. The third-order valence-electron chi connectivity index (χ3n) is 3.61. The number of halogens is 1. The smallest absolute Gasteiger partial charge is 0.133 e. The molecule has 2 aromatic rings. The second-order valence-electron chi connectivity index (χ2n) is 5.20. The van der Waals surface area contributed by atoms with Crippen molar-refractivity contribution in [2.24, 2.45) is 0 Å². The first kappa shape index (κ1) is 16.1. The van der Waals surface area contributed by atoms with Crippen molar-refractivity contribution < 1.29 is 4.74 Å². The highest BCUT2D eigenvalue weighted by Gasteiger charge is 2.15. The van der Waals surface area contributed by atoms with E-state index in [1.807, 2.05) is 20.0 Å². The van der Waals surface area contributed by atoms with Gasteiger partial charge in [-0.3, -0.25) is 0 Å². The van der Waals surface area contributed by atoms with Crippen molar-refractivity contribution in [3.8, 4) is 5.75 Å². The SMILES string of the molecule is CCOc1ccc(C(NC)c2ccc(C)cc2C)cc1Br. The van der Waals surface area contributed by atoms with E-state index in [4.69, 9.17) is 4.74 Å². The molecule has 0 bridgehead atoms. The summed E-state index contributed by atoms with van der Waals surface area (Å²) < 4.78 is 6.58. The van der Waals surface area contributed by atoms with Crippen molar-refractivity contribution >= 4 is 15.9 Å². The molecule has 3 heteroatoms. The number of hydrogen-bond acceptors (Lipinski definition) is 2. The lowest BCUT2D eigenvalue weighted by Crippen LogP contribution is -2.18. The van der Waals surface area contributed by atoms with Gasteiger partial charge in [0, 0.05) is 0 Å². The zero-order valence-corrected chi connectivity index (χ0v) is 14.6. The number of rotatable bonds is 5. The monoisotopic (exact) mass is 347 g/mol. The molecule has 2 rings (SSSR count). The van der Waals surface area contributed by atoms with Crippen LogP contribution in [0.25, 0.3) is 0 Å². The van der Waals surface area contributed by atoms with Gasteiger partial charge in [-0.1, -0.05) is 29.8 Å². The lowest BCUT2D eigenvalue weighted by Gasteiger charge is -2.21. The van der Waals surface area contributed by atoms with Crippen molar-refractivity contribution in [2.45, 2.75) is 26.8 Å². The lowest BCUT2D eigenvalue weighted by molar-refractivity contribution is 0.338. The average Bonchev–Trinajstić information content (AvgIpc) is 2.45. The van der Waals surface area contributed by atoms with Gasteiger partial charge < -0.3 is 10.1 Å². The molecule has 0 fully saturated rings. The van der Waals surface area contributed by atoms with Gasteiger partial charge in [-0.25, -0.2) is 0 Å². The van der Waals surface area contributed by atoms with Crippen molar-refractivity contribution in [1.29, 1.82) is 0 Å². The molecular formula is C18H22BrNO. The predicted octanol–water partition coefficient (Wildman–Crippen LogP) is 4.77. The molecule has 2 nitrogen and oxygen atoms in total. The Bertz CT molecular complexity index is 625. The highest BCUT2D eigenvalue weighted by Crippen LogP contribution is 2.32. The normalized spacial score (nSPS) is 12.2. The van der Waals surface area contributed by atoms with Gasteiger partial charge in [-0.05, 0) is 72.6 Å². The van der Waals surface area contributed by atoms with Gasteiger partial charge >= 0.3 is 0 Å². The number of benzene rings is 2. The summed E-state index contributed by atoms with van der Waals surface area (Å²) >= 11 is 3.60. The molecule has 0 aliphatic carbocycles. The largest absolute Gasteiger partial charge is 0.493 e. The molecular weight excluding hydrogens is 326 g/mol. The van der Waals surface area contributed by atoms with E-state index >= 15 is 0 Å². The number of hydrogen-bond donors (Lipinski definition) is 1. The van der Waals surface area contributed by atoms with Gasteiger partial charge in [0.1, 0.15) is 5.75 Å². The van der Waals surface area contributed by atoms with Gasteiger partial charge in [-0.15, -0.1) is 0 Å². The molecule has 112 valence electrons. The molecule has 1 N–H and O–H groups in total. The van der Waals surface area contributed by atoms with E-state index in [0.29, 0.717) is 6.61 Å². The van der Waals surface area contributed by atoms with Crippen LogP contribution in [0.5, 0.6) is 5.75 Å². The van der Waals surface area contributed by atoms with Crippen molar-refractivity contribution in [1.82, 2.24) is 5.32 Å². The molecule has 0 aromatic heterocycles. The number of ether oxygens (including phenoxy) is 1. The first-order chi connectivity index (χ1) is 10.1. The van der Waals surface area contributed by atoms with Crippen molar-refractivity contribution in [3.05, 3.63) is 63.1 Å². The number of nitrogens with one attached hydrogen (secondary N) is 1. The van der Waals surface area contributed by atoms with E-state index in [1.165, 1.54) is 22.3 Å². The first-order valence-corrected chi connectivity index (χ1v) is 8.02. The van der Waals surface area contributed by atoms with Gasteiger partial charge in [0.05, 0.1) is 17.1 Å². The second kappa shape index (κ2) is 7.10. The fourth-order valence-electron chi connectivity index (χ4n) is 2.62. The van der Waals surface area contributed by atoms with Crippen LogP contribution in [0.2, 0.25) is 0 Å². The Kier molecular flexibility index (Phi) is 5.43. The minimum Gasteiger partial charge on any atom is -0.493 e. The molecule has 0 saturated carbocycles. The second-order valence-corrected chi connectivity index (χ2v) is 6.06. The van der Waals surface area contributed by atoms with Crippen LogP contribution in [-0.2, 0) is 0 Å². The van der Waals surface area contributed by atoms with E-state index in [0.717, 1.165) is 10.2 Å². The minimum absolute atomic E-state index is 0.178. The zero-order chi connectivity index (χ0) is 15.4. The Morgan fingerprint density at radius 2 is 1.90 bits per heavy atom. The molecule has 1 atom stereocenters. The maximum atomic E-state index is 5.58. The molecule has 21 heavy (non-hydrogen) atoms. The Labute approximate surface area is 135 Å². The fraction of sp³-hybridized carbons (Fsp3) is 0.333. The third-order valence-corrected chi connectivity index (χ3v) is 4.23. The highest BCUT2D eigenvalue weighted by atomic mass is 79.9. The maximum absolute atomic E-state index is 5.58. The topological polar surface area (TPSA) is 21.3 Å². The molecule has 0 aliphatic rings. The van der Waals surface area contributed by atoms with Crippen molar-refractivity contribution in [3.63, 3.8) is 0 Å².